The molecule has 1 amide bonds. The van der Waals surface area contributed by atoms with E-state index in [1.165, 1.54) is 6.26 Å². The van der Waals surface area contributed by atoms with Gasteiger partial charge < -0.3 is 14.7 Å². The molecule has 7 nitrogen and oxygen atoms in total. The normalized spacial score (nSPS) is 16.0. The molecule has 1 saturated heterocycles. The monoisotopic (exact) mass is 363 g/mol. The van der Waals surface area contributed by atoms with Gasteiger partial charge in [0.1, 0.15) is 5.76 Å². The van der Waals surface area contributed by atoms with Gasteiger partial charge in [-0.25, -0.2) is 8.42 Å². The summed E-state index contributed by atoms with van der Waals surface area (Å²) in [5, 5.41) is 6.56. The minimum absolute atomic E-state index is 0.0413. The third-order valence-electron chi connectivity index (χ3n) is 4.38. The molecule has 1 aromatic heterocycles. The van der Waals surface area contributed by atoms with E-state index in [9.17, 15) is 13.2 Å². The van der Waals surface area contributed by atoms with Crippen LogP contribution in [0.1, 0.15) is 18.6 Å². The average molecular weight is 363 g/mol. The molecule has 134 valence electrons. The fourth-order valence-corrected chi connectivity index (χ4v) is 3.59. The van der Waals surface area contributed by atoms with E-state index in [1.54, 1.807) is 25.1 Å². The highest BCUT2D eigenvalue weighted by atomic mass is 32.2. The highest BCUT2D eigenvalue weighted by molar-refractivity contribution is 7.90. The zero-order valence-corrected chi connectivity index (χ0v) is 15.0. The molecule has 0 spiro atoms. The van der Waals surface area contributed by atoms with Gasteiger partial charge in [-0.3, -0.25) is 4.79 Å². The van der Waals surface area contributed by atoms with E-state index < -0.39 is 9.84 Å². The van der Waals surface area contributed by atoms with Gasteiger partial charge >= 0.3 is 0 Å². The molecule has 2 aromatic rings. The number of hydrogen-bond acceptors (Lipinski definition) is 6. The highest BCUT2D eigenvalue weighted by Crippen LogP contribution is 2.25. The Morgan fingerprint density at radius 3 is 2.40 bits per heavy atom. The van der Waals surface area contributed by atoms with Crippen LogP contribution < -0.4 is 10.2 Å². The molecule has 0 bridgehead atoms. The second-order valence-corrected chi connectivity index (χ2v) is 8.36. The Bertz CT molecular complexity index is 850. The van der Waals surface area contributed by atoms with Gasteiger partial charge in [-0.1, -0.05) is 5.16 Å². The second-order valence-electron chi connectivity index (χ2n) is 6.34. The van der Waals surface area contributed by atoms with Crippen LogP contribution in [0, 0.1) is 12.8 Å². The SMILES string of the molecule is Cc1cc(NC(=O)C2CCN(c3ccc(S(C)(=O)=O)cc3)CC2)no1. The quantitative estimate of drug-likeness (QED) is 0.896. The number of anilines is 2. The Balaban J connectivity index is 1.57. The Morgan fingerprint density at radius 2 is 1.88 bits per heavy atom. The molecule has 0 aliphatic carbocycles. The fourth-order valence-electron chi connectivity index (χ4n) is 2.96. The van der Waals surface area contributed by atoms with Gasteiger partial charge in [-0.05, 0) is 44.0 Å². The number of aromatic nitrogens is 1. The number of rotatable bonds is 4. The van der Waals surface area contributed by atoms with Crippen LogP contribution in [0.2, 0.25) is 0 Å². The molecule has 1 aromatic carbocycles. The van der Waals surface area contributed by atoms with Gasteiger partial charge in [0.25, 0.3) is 0 Å². The predicted octanol–water partition coefficient (Wildman–Crippen LogP) is 2.24. The van der Waals surface area contributed by atoms with Crippen molar-refractivity contribution in [2.24, 2.45) is 5.92 Å². The first-order valence-electron chi connectivity index (χ1n) is 8.12. The smallest absolute Gasteiger partial charge is 0.228 e. The minimum atomic E-state index is -3.18. The van der Waals surface area contributed by atoms with Crippen LogP contribution in [0.15, 0.2) is 39.8 Å². The van der Waals surface area contributed by atoms with Crippen LogP contribution in [0.5, 0.6) is 0 Å². The number of aryl methyl sites for hydroxylation is 1. The summed E-state index contributed by atoms with van der Waals surface area (Å²) in [5.41, 5.74) is 0.971. The van der Waals surface area contributed by atoms with Crippen LogP contribution >= 0.6 is 0 Å². The molecule has 3 rings (SSSR count). The molecule has 1 aliphatic rings. The summed E-state index contributed by atoms with van der Waals surface area (Å²) in [6, 6.07) is 8.56. The summed E-state index contributed by atoms with van der Waals surface area (Å²) >= 11 is 0. The molecular formula is C17H21N3O4S. The molecule has 0 unspecified atom stereocenters. The number of nitrogens with zero attached hydrogens (tertiary/aromatic N) is 2. The van der Waals surface area contributed by atoms with Crippen molar-refractivity contribution in [3.8, 4) is 0 Å². The molecule has 0 radical (unpaired) electrons. The lowest BCUT2D eigenvalue weighted by molar-refractivity contribution is -0.120. The van der Waals surface area contributed by atoms with E-state index in [2.05, 4.69) is 15.4 Å². The molecule has 0 saturated carbocycles. The lowest BCUT2D eigenvalue weighted by atomic mass is 9.95. The average Bonchev–Trinajstić information content (AvgIpc) is 2.99. The molecule has 1 aliphatic heterocycles. The molecule has 0 atom stereocenters. The van der Waals surface area contributed by atoms with E-state index in [0.29, 0.717) is 16.5 Å². The first kappa shape index (κ1) is 17.5. The van der Waals surface area contributed by atoms with Gasteiger partial charge in [0.05, 0.1) is 4.90 Å². The van der Waals surface area contributed by atoms with Crippen LogP contribution in [0.3, 0.4) is 0 Å². The summed E-state index contributed by atoms with van der Waals surface area (Å²) in [6.07, 6.45) is 2.66. The lowest BCUT2D eigenvalue weighted by Crippen LogP contribution is -2.38. The third kappa shape index (κ3) is 4.19. The fraction of sp³-hybridized carbons (Fsp3) is 0.412. The zero-order chi connectivity index (χ0) is 18.0. The number of piperidine rings is 1. The van der Waals surface area contributed by atoms with E-state index in [0.717, 1.165) is 31.6 Å². The lowest BCUT2D eigenvalue weighted by Gasteiger charge is -2.32. The van der Waals surface area contributed by atoms with Gasteiger partial charge in [0.2, 0.25) is 5.91 Å². The molecule has 2 heterocycles. The number of benzene rings is 1. The standard InChI is InChI=1S/C17H21N3O4S/c1-12-11-16(19-24-12)18-17(21)13-7-9-20(10-8-13)14-3-5-15(6-4-14)25(2,22)23/h3-6,11,13H,7-10H2,1-2H3,(H,18,19,21). The third-order valence-corrected chi connectivity index (χ3v) is 5.50. The minimum Gasteiger partial charge on any atom is -0.371 e. The largest absolute Gasteiger partial charge is 0.371 e. The Morgan fingerprint density at radius 1 is 1.24 bits per heavy atom. The summed E-state index contributed by atoms with van der Waals surface area (Å²) in [7, 11) is -3.18. The van der Waals surface area contributed by atoms with Crippen LogP contribution in [-0.2, 0) is 14.6 Å². The number of carbonyl (C=O) groups is 1. The number of carbonyl (C=O) groups excluding carboxylic acids is 1. The number of amides is 1. The number of hydrogen-bond donors (Lipinski definition) is 1. The van der Waals surface area contributed by atoms with Gasteiger partial charge in [0, 0.05) is 37.0 Å². The zero-order valence-electron chi connectivity index (χ0n) is 14.2. The van der Waals surface area contributed by atoms with E-state index in [1.807, 2.05) is 12.1 Å². The first-order chi connectivity index (χ1) is 11.8. The molecular weight excluding hydrogens is 342 g/mol. The molecule has 8 heteroatoms. The van der Waals surface area contributed by atoms with Crippen molar-refractivity contribution in [2.45, 2.75) is 24.7 Å². The van der Waals surface area contributed by atoms with E-state index >= 15 is 0 Å². The van der Waals surface area contributed by atoms with Crippen molar-refractivity contribution in [1.82, 2.24) is 5.16 Å². The second kappa shape index (κ2) is 6.87. The summed E-state index contributed by atoms with van der Waals surface area (Å²) in [4.78, 5) is 14.8. The Labute approximate surface area is 146 Å². The van der Waals surface area contributed by atoms with Gasteiger partial charge in [-0.2, -0.15) is 0 Å². The Kier molecular flexibility index (Phi) is 4.80. The van der Waals surface area contributed by atoms with E-state index in [4.69, 9.17) is 4.52 Å². The van der Waals surface area contributed by atoms with Crippen molar-refractivity contribution in [1.29, 1.82) is 0 Å². The molecule has 1 N–H and O–H groups in total. The van der Waals surface area contributed by atoms with Crippen molar-refractivity contribution in [2.75, 3.05) is 29.6 Å². The summed E-state index contributed by atoms with van der Waals surface area (Å²) in [5.74, 6) is 0.993. The van der Waals surface area contributed by atoms with Gasteiger partial charge in [-0.15, -0.1) is 0 Å². The van der Waals surface area contributed by atoms with Crippen molar-refractivity contribution in [3.05, 3.63) is 36.1 Å². The van der Waals surface area contributed by atoms with E-state index in [-0.39, 0.29) is 11.8 Å². The van der Waals surface area contributed by atoms with Crippen LogP contribution in [0.25, 0.3) is 0 Å². The Hall–Kier alpha value is -2.35. The van der Waals surface area contributed by atoms with Crippen molar-refractivity contribution >= 4 is 27.2 Å². The summed E-state index contributed by atoms with van der Waals surface area (Å²) < 4.78 is 28.0. The van der Waals surface area contributed by atoms with Gasteiger partial charge in [0.15, 0.2) is 15.7 Å². The molecule has 25 heavy (non-hydrogen) atoms. The predicted molar refractivity (Wildman–Crippen MR) is 94.4 cm³/mol. The maximum Gasteiger partial charge on any atom is 0.228 e. The summed E-state index contributed by atoms with van der Waals surface area (Å²) in [6.45, 7) is 3.26. The first-order valence-corrected chi connectivity index (χ1v) is 10.0. The van der Waals surface area contributed by atoms with Crippen molar-refractivity contribution < 1.29 is 17.7 Å². The highest BCUT2D eigenvalue weighted by Gasteiger charge is 2.26. The maximum atomic E-state index is 12.3. The van der Waals surface area contributed by atoms with Crippen LogP contribution in [-0.4, -0.2) is 38.8 Å². The topological polar surface area (TPSA) is 92.5 Å². The number of nitrogens with one attached hydrogen (secondary N) is 1. The maximum absolute atomic E-state index is 12.3. The van der Waals surface area contributed by atoms with Crippen molar-refractivity contribution in [3.63, 3.8) is 0 Å². The number of sulfone groups is 1. The molecule has 1 fully saturated rings. The van der Waals surface area contributed by atoms with Crippen LogP contribution in [0.4, 0.5) is 11.5 Å².